The molecule has 1 atom stereocenters. The van der Waals surface area contributed by atoms with Gasteiger partial charge in [0.25, 0.3) is 0 Å². The third-order valence-corrected chi connectivity index (χ3v) is 4.20. The van der Waals surface area contributed by atoms with Gasteiger partial charge < -0.3 is 5.11 Å². The molecule has 0 aliphatic rings. The van der Waals surface area contributed by atoms with Gasteiger partial charge in [-0.05, 0) is 92.4 Å². The van der Waals surface area contributed by atoms with Gasteiger partial charge in [-0.1, -0.05) is 46.6 Å². The molecule has 0 aromatic heterocycles. The first-order valence-corrected chi connectivity index (χ1v) is 9.55. The van der Waals surface area contributed by atoms with E-state index < -0.39 is 0 Å². The molecule has 0 fully saturated rings. The molecule has 0 amide bonds. The minimum absolute atomic E-state index is 0.296. The highest BCUT2D eigenvalue weighted by Crippen LogP contribution is 2.20. The van der Waals surface area contributed by atoms with E-state index in [1.165, 1.54) is 22.3 Å². The van der Waals surface area contributed by atoms with Gasteiger partial charge in [0, 0.05) is 6.61 Å². The Bertz CT molecular complexity index is 441. The van der Waals surface area contributed by atoms with Gasteiger partial charge in [0.2, 0.25) is 0 Å². The van der Waals surface area contributed by atoms with Gasteiger partial charge in [-0.15, -0.1) is 0 Å². The quantitative estimate of drug-likeness (QED) is 0.376. The molecule has 0 rings (SSSR count). The maximum absolute atomic E-state index is 9.15. The van der Waals surface area contributed by atoms with Gasteiger partial charge in [0.1, 0.15) is 0 Å². The molecule has 138 valence electrons. The van der Waals surface area contributed by atoms with Crippen LogP contribution in [0.4, 0.5) is 0 Å². The Balaban J connectivity index is 4.58. The third-order valence-electron chi connectivity index (χ3n) is 4.20. The fraction of sp³-hybridized carbons (Fsp3) is 0.652. The Morgan fingerprint density at radius 1 is 0.792 bits per heavy atom. The Morgan fingerprint density at radius 3 is 1.83 bits per heavy atom. The molecular formula is C23H40O. The largest absolute Gasteiger partial charge is 0.396 e. The predicted octanol–water partition coefficient (Wildman–Crippen LogP) is 7.15. The number of allylic oxidation sites excluding steroid dienone is 8. The zero-order valence-electron chi connectivity index (χ0n) is 17.0. The highest BCUT2D eigenvalue weighted by atomic mass is 16.2. The van der Waals surface area contributed by atoms with E-state index in [0.29, 0.717) is 12.5 Å². The minimum atomic E-state index is 0.296. The lowest BCUT2D eigenvalue weighted by molar-refractivity contribution is 0.277. The molecule has 0 spiro atoms. The van der Waals surface area contributed by atoms with Crippen molar-refractivity contribution in [3.8, 4) is 0 Å². The maximum atomic E-state index is 9.15. The van der Waals surface area contributed by atoms with Gasteiger partial charge in [0.05, 0.1) is 0 Å². The Kier molecular flexibility index (Phi) is 13.6. The molecule has 1 N–H and O–H groups in total. The summed E-state index contributed by atoms with van der Waals surface area (Å²) in [6, 6.07) is 0. The second kappa shape index (κ2) is 14.3. The van der Waals surface area contributed by atoms with Crippen LogP contribution in [0.1, 0.15) is 86.5 Å². The van der Waals surface area contributed by atoms with Crippen LogP contribution in [0.3, 0.4) is 0 Å². The van der Waals surface area contributed by atoms with Crippen molar-refractivity contribution < 1.29 is 5.11 Å². The Morgan fingerprint density at radius 2 is 1.33 bits per heavy atom. The average Bonchev–Trinajstić information content (AvgIpc) is 2.49. The van der Waals surface area contributed by atoms with Gasteiger partial charge in [0.15, 0.2) is 0 Å². The van der Waals surface area contributed by atoms with E-state index in [0.717, 1.165) is 44.9 Å². The molecule has 0 bridgehead atoms. The van der Waals surface area contributed by atoms with Crippen LogP contribution in [-0.4, -0.2) is 11.7 Å². The number of aliphatic hydroxyl groups excluding tert-OH is 1. The average molecular weight is 333 g/mol. The van der Waals surface area contributed by atoms with E-state index in [2.05, 4.69) is 65.8 Å². The number of hydrogen-bond donors (Lipinski definition) is 1. The van der Waals surface area contributed by atoms with Crippen LogP contribution < -0.4 is 0 Å². The molecule has 0 aromatic rings. The van der Waals surface area contributed by atoms with Crippen molar-refractivity contribution in [2.45, 2.75) is 86.5 Å². The van der Waals surface area contributed by atoms with E-state index in [1.54, 1.807) is 0 Å². The summed E-state index contributed by atoms with van der Waals surface area (Å²) >= 11 is 0. The first kappa shape index (κ1) is 22.9. The molecule has 0 radical (unpaired) electrons. The summed E-state index contributed by atoms with van der Waals surface area (Å²) in [6.07, 6.45) is 17.1. The number of hydrogen-bond acceptors (Lipinski definition) is 1. The van der Waals surface area contributed by atoms with Crippen molar-refractivity contribution in [2.24, 2.45) is 5.92 Å². The Hall–Kier alpha value is -1.08. The van der Waals surface area contributed by atoms with E-state index >= 15 is 0 Å². The molecule has 0 saturated heterocycles. The van der Waals surface area contributed by atoms with Crippen LogP contribution in [-0.2, 0) is 0 Å². The van der Waals surface area contributed by atoms with E-state index in [-0.39, 0.29) is 0 Å². The minimum Gasteiger partial charge on any atom is -0.396 e. The number of aliphatic hydroxyl groups is 1. The van der Waals surface area contributed by atoms with Crippen LogP contribution >= 0.6 is 0 Å². The molecule has 0 aliphatic heterocycles. The molecule has 0 aromatic carbocycles. The molecule has 0 aliphatic carbocycles. The van der Waals surface area contributed by atoms with Crippen LogP contribution in [0.2, 0.25) is 0 Å². The summed E-state index contributed by atoms with van der Waals surface area (Å²) in [6.45, 7) is 13.4. The Labute approximate surface area is 151 Å². The zero-order valence-corrected chi connectivity index (χ0v) is 17.0. The van der Waals surface area contributed by atoms with Gasteiger partial charge in [-0.3, -0.25) is 0 Å². The first-order valence-electron chi connectivity index (χ1n) is 9.55. The number of rotatable bonds is 12. The molecule has 1 nitrogen and oxygen atoms in total. The van der Waals surface area contributed by atoms with E-state index in [4.69, 9.17) is 5.11 Å². The maximum Gasteiger partial charge on any atom is 0.0431 e. The lowest BCUT2D eigenvalue weighted by Crippen LogP contribution is -1.99. The summed E-state index contributed by atoms with van der Waals surface area (Å²) in [5.41, 5.74) is 5.76. The fourth-order valence-electron chi connectivity index (χ4n) is 2.74. The third kappa shape index (κ3) is 14.5. The summed E-state index contributed by atoms with van der Waals surface area (Å²) < 4.78 is 0. The predicted molar refractivity (Wildman–Crippen MR) is 109 cm³/mol. The monoisotopic (exact) mass is 332 g/mol. The molecule has 0 saturated carbocycles. The molecule has 1 unspecified atom stereocenters. The molecule has 24 heavy (non-hydrogen) atoms. The SMILES string of the molecule is CC(C)=CCCC(C)=CCC(C=C(C)CCC=C(C)C)CCCO. The fourth-order valence-corrected chi connectivity index (χ4v) is 2.74. The molecular weight excluding hydrogens is 292 g/mol. The smallest absolute Gasteiger partial charge is 0.0431 e. The van der Waals surface area contributed by atoms with Crippen LogP contribution in [0.5, 0.6) is 0 Å². The van der Waals surface area contributed by atoms with Crippen LogP contribution in [0, 0.1) is 5.92 Å². The second-order valence-electron chi connectivity index (χ2n) is 7.57. The summed E-state index contributed by atoms with van der Waals surface area (Å²) in [7, 11) is 0. The zero-order chi connectivity index (χ0) is 18.4. The summed E-state index contributed by atoms with van der Waals surface area (Å²) in [5, 5.41) is 9.15. The normalized spacial score (nSPS) is 13.6. The lowest BCUT2D eigenvalue weighted by atomic mass is 9.94. The van der Waals surface area contributed by atoms with Gasteiger partial charge in [-0.2, -0.15) is 0 Å². The van der Waals surface area contributed by atoms with Crippen molar-refractivity contribution in [1.29, 1.82) is 0 Å². The van der Waals surface area contributed by atoms with Crippen LogP contribution in [0.15, 0.2) is 46.6 Å². The highest BCUT2D eigenvalue weighted by Gasteiger charge is 2.05. The van der Waals surface area contributed by atoms with E-state index in [1.807, 2.05) is 0 Å². The highest BCUT2D eigenvalue weighted by molar-refractivity contribution is 5.08. The van der Waals surface area contributed by atoms with Crippen molar-refractivity contribution in [2.75, 3.05) is 6.61 Å². The van der Waals surface area contributed by atoms with Gasteiger partial charge in [-0.25, -0.2) is 0 Å². The standard InChI is InChI=1S/C23H40O/c1-19(2)10-7-12-21(5)15-16-23(14-9-17-24)18-22(6)13-8-11-20(3)4/h10-11,15,18,23-24H,7-9,12-14,16-17H2,1-6H3. The molecule has 0 heterocycles. The van der Waals surface area contributed by atoms with Crippen molar-refractivity contribution in [3.63, 3.8) is 0 Å². The van der Waals surface area contributed by atoms with Crippen molar-refractivity contribution >= 4 is 0 Å². The topological polar surface area (TPSA) is 20.2 Å². The first-order chi connectivity index (χ1) is 11.3. The summed E-state index contributed by atoms with van der Waals surface area (Å²) in [5.74, 6) is 0.558. The van der Waals surface area contributed by atoms with Crippen molar-refractivity contribution in [3.05, 3.63) is 46.6 Å². The van der Waals surface area contributed by atoms with Gasteiger partial charge >= 0.3 is 0 Å². The van der Waals surface area contributed by atoms with E-state index in [9.17, 15) is 0 Å². The second-order valence-corrected chi connectivity index (χ2v) is 7.57. The molecule has 1 heteroatoms. The van der Waals surface area contributed by atoms with Crippen molar-refractivity contribution in [1.82, 2.24) is 0 Å². The lowest BCUT2D eigenvalue weighted by Gasteiger charge is -2.12. The summed E-state index contributed by atoms with van der Waals surface area (Å²) in [4.78, 5) is 0. The van der Waals surface area contributed by atoms with Crippen LogP contribution in [0.25, 0.3) is 0 Å².